The molecule has 17 heteroatoms. The summed E-state index contributed by atoms with van der Waals surface area (Å²) in [4.78, 5) is 49.5. The minimum Gasteiger partial charge on any atom is -0.507 e. The van der Waals surface area contributed by atoms with Gasteiger partial charge in [0.1, 0.15) is 47.0 Å². The first-order valence-electron chi connectivity index (χ1n) is 19.4. The molecule has 11 N–H and O–H groups in total. The Hall–Kier alpha value is -5.40. The molecule has 0 bridgehead atoms. The fourth-order valence-corrected chi connectivity index (χ4v) is 5.69. The van der Waals surface area contributed by atoms with Crippen molar-refractivity contribution in [1.82, 2.24) is 0 Å². The second kappa shape index (κ2) is 23.4. The van der Waals surface area contributed by atoms with Gasteiger partial charge in [0.2, 0.25) is 0 Å². The molecule has 2 heterocycles. The first-order chi connectivity index (χ1) is 28.4. The number of ether oxygens (including phenoxy) is 2. The molecule has 2 aliphatic heterocycles. The lowest BCUT2D eigenvalue weighted by Crippen LogP contribution is -2.32. The number of anilines is 2. The predicted octanol–water partition coefficient (Wildman–Crippen LogP) is 1.84. The predicted molar refractivity (Wildman–Crippen MR) is 221 cm³/mol. The third kappa shape index (κ3) is 14.1. The van der Waals surface area contributed by atoms with Gasteiger partial charge in [-0.1, -0.05) is 50.3 Å². The lowest BCUT2D eigenvalue weighted by atomic mass is 9.99. The van der Waals surface area contributed by atoms with Crippen molar-refractivity contribution >= 4 is 47.0 Å². The summed E-state index contributed by atoms with van der Waals surface area (Å²) < 4.78 is 10.9. The quantitative estimate of drug-likeness (QED) is 0.177. The van der Waals surface area contributed by atoms with Crippen molar-refractivity contribution in [3.8, 4) is 11.5 Å². The van der Waals surface area contributed by atoms with Gasteiger partial charge < -0.3 is 66.1 Å². The Balaban J connectivity index is 0.000000321. The van der Waals surface area contributed by atoms with Gasteiger partial charge in [0, 0.05) is 48.4 Å². The van der Waals surface area contributed by atoms with Gasteiger partial charge in [-0.3, -0.25) is 9.59 Å². The number of nitrogens with one attached hydrogen (secondary N) is 2. The topological polar surface area (TPSA) is 293 Å². The molecule has 60 heavy (non-hydrogen) atoms. The van der Waals surface area contributed by atoms with Crippen molar-refractivity contribution in [3.63, 3.8) is 0 Å². The van der Waals surface area contributed by atoms with Crippen LogP contribution >= 0.6 is 0 Å². The molecule has 4 rings (SSSR count). The summed E-state index contributed by atoms with van der Waals surface area (Å²) in [5, 5.41) is 94.2. The van der Waals surface area contributed by atoms with E-state index in [2.05, 4.69) is 10.6 Å². The molecule has 0 amide bonds. The number of rotatable bonds is 7. The zero-order valence-corrected chi connectivity index (χ0v) is 33.8. The third-order valence-corrected chi connectivity index (χ3v) is 9.75. The van der Waals surface area contributed by atoms with E-state index < -0.39 is 72.8 Å². The minimum atomic E-state index is -1.60. The number of ketones is 2. The number of benzene rings is 2. The Bertz CT molecular complexity index is 1930. The minimum absolute atomic E-state index is 0.0107. The third-order valence-electron chi connectivity index (χ3n) is 9.75. The maximum atomic E-state index is 12.8. The molecule has 1 unspecified atom stereocenters. The number of cyclic esters (lactones) is 2. The number of phenols is 2. The molecule has 0 saturated heterocycles. The number of aliphatic hydroxyl groups is 7. The van der Waals surface area contributed by atoms with Crippen LogP contribution in [0.4, 0.5) is 11.4 Å². The summed E-state index contributed by atoms with van der Waals surface area (Å²) in [6.45, 7) is 6.44. The molecule has 328 valence electrons. The van der Waals surface area contributed by atoms with Gasteiger partial charge in [0.25, 0.3) is 0 Å². The van der Waals surface area contributed by atoms with E-state index in [0.717, 1.165) is 6.08 Å². The molecular formula is C43H56N2O15. The Morgan fingerprint density at radius 3 is 1.47 bits per heavy atom. The van der Waals surface area contributed by atoms with Crippen LogP contribution in [0, 0.1) is 11.8 Å². The Morgan fingerprint density at radius 1 is 0.650 bits per heavy atom. The molecule has 2 aromatic rings. The van der Waals surface area contributed by atoms with Gasteiger partial charge in [-0.2, -0.15) is 0 Å². The SMILES string of the molecule is C[C@@H]1/C=C\C(=O)[C@@H](O)[C@@H](O)C/C=C/c2cc(NCC(O)CO)cc(O)c2C(=O)O[C@H]1C.C[C@@H]1/C=C\C(=O)[C@@H](O)[C@@H](O)C/C=C/c2cc(NCCO)cc(O)c2C(=O)O[C@H]1C. The molecular weight excluding hydrogens is 784 g/mol. The van der Waals surface area contributed by atoms with Gasteiger partial charge >= 0.3 is 11.9 Å². The highest BCUT2D eigenvalue weighted by Crippen LogP contribution is 2.31. The Morgan fingerprint density at radius 2 is 1.07 bits per heavy atom. The number of hydrogen-bond acceptors (Lipinski definition) is 17. The summed E-state index contributed by atoms with van der Waals surface area (Å²) in [7, 11) is 0. The van der Waals surface area contributed by atoms with Crippen LogP contribution in [0.2, 0.25) is 0 Å². The van der Waals surface area contributed by atoms with E-state index >= 15 is 0 Å². The fourth-order valence-electron chi connectivity index (χ4n) is 5.69. The summed E-state index contributed by atoms with van der Waals surface area (Å²) in [6, 6.07) is 5.78. The van der Waals surface area contributed by atoms with Crippen LogP contribution in [-0.2, 0) is 19.1 Å². The van der Waals surface area contributed by atoms with E-state index in [1.807, 2.05) is 0 Å². The van der Waals surface area contributed by atoms with Crippen molar-refractivity contribution in [2.24, 2.45) is 11.8 Å². The highest BCUT2D eigenvalue weighted by molar-refractivity contribution is 5.99. The van der Waals surface area contributed by atoms with Crippen molar-refractivity contribution in [2.45, 2.75) is 83.3 Å². The van der Waals surface area contributed by atoms with Gasteiger partial charge in [0.15, 0.2) is 11.6 Å². The Labute approximate surface area is 347 Å². The largest absolute Gasteiger partial charge is 0.507 e. The monoisotopic (exact) mass is 840 g/mol. The fraction of sp³-hybridized carbons (Fsp3) is 0.442. The molecule has 9 atom stereocenters. The molecule has 0 spiro atoms. The van der Waals surface area contributed by atoms with E-state index in [0.29, 0.717) is 16.9 Å². The van der Waals surface area contributed by atoms with Gasteiger partial charge in [0.05, 0.1) is 31.5 Å². The molecule has 2 aliphatic rings. The van der Waals surface area contributed by atoms with Crippen molar-refractivity contribution < 1.29 is 74.6 Å². The number of aromatic hydroxyl groups is 2. The summed E-state index contributed by atoms with van der Waals surface area (Å²) >= 11 is 0. The maximum absolute atomic E-state index is 12.8. The standard InChI is InChI=1S/C22H29NO8.C21H27NO7/c1-12-6-7-18(27)21(29)17(26)5-3-4-14-8-15(23-10-16(25)11-24)9-19(28)20(14)22(30)31-13(12)2;1-12-6-7-17(25)20(27)16(24)5-3-4-14-10-15(22-8-9-23)11-18(26)19(14)21(28)29-13(12)2/h3-4,6-9,12-13,16-17,21,23-26,28-29H,5,10-11H2,1-2H3;3-4,6-7,10-13,16,20,22-24,26-27H,5,8-9H2,1-2H3/b2*4-3+,7-6-/t12-,13+,16?,17+,21+;12-,13+,16+,20+/m11/s1. The molecule has 2 aromatic carbocycles. The van der Waals surface area contributed by atoms with Crippen molar-refractivity contribution in [2.75, 3.05) is 36.9 Å². The number of esters is 2. The lowest BCUT2D eigenvalue weighted by Gasteiger charge is -2.20. The average Bonchev–Trinajstić information content (AvgIpc) is 3.21. The molecule has 0 fully saturated rings. The number of fused-ring (bicyclic) bond motifs is 2. The van der Waals surface area contributed by atoms with Crippen LogP contribution in [0.15, 0.2) is 60.7 Å². The van der Waals surface area contributed by atoms with E-state index in [4.69, 9.17) is 19.7 Å². The first kappa shape index (κ1) is 49.0. The number of hydrogen-bond donors (Lipinski definition) is 11. The van der Waals surface area contributed by atoms with Crippen LogP contribution in [0.1, 0.15) is 72.4 Å². The highest BCUT2D eigenvalue weighted by atomic mass is 16.5. The van der Waals surface area contributed by atoms with E-state index in [1.165, 1.54) is 60.7 Å². The van der Waals surface area contributed by atoms with Crippen LogP contribution in [0.5, 0.6) is 11.5 Å². The van der Waals surface area contributed by atoms with Gasteiger partial charge in [-0.15, -0.1) is 0 Å². The van der Waals surface area contributed by atoms with Crippen LogP contribution in [0.25, 0.3) is 12.2 Å². The average molecular weight is 841 g/mol. The van der Waals surface area contributed by atoms with E-state index in [1.54, 1.807) is 33.8 Å². The number of carbonyl (C=O) groups is 4. The number of carbonyl (C=O) groups excluding carboxylic acids is 4. The lowest BCUT2D eigenvalue weighted by molar-refractivity contribution is -0.128. The molecule has 0 aromatic heterocycles. The highest BCUT2D eigenvalue weighted by Gasteiger charge is 2.27. The second-order valence-electron chi connectivity index (χ2n) is 14.5. The van der Waals surface area contributed by atoms with Crippen LogP contribution in [-0.4, -0.2) is 138 Å². The molecule has 0 saturated carbocycles. The Kier molecular flexibility index (Phi) is 19.1. The van der Waals surface area contributed by atoms with Crippen LogP contribution < -0.4 is 10.6 Å². The van der Waals surface area contributed by atoms with Gasteiger partial charge in [-0.05, 0) is 62.1 Å². The number of aliphatic hydroxyl groups excluding tert-OH is 7. The smallest absolute Gasteiger partial charge is 0.342 e. The van der Waals surface area contributed by atoms with E-state index in [9.17, 15) is 54.9 Å². The summed E-state index contributed by atoms with van der Waals surface area (Å²) in [6.07, 6.45) is 2.97. The van der Waals surface area contributed by atoms with Crippen molar-refractivity contribution in [3.05, 3.63) is 83.0 Å². The zero-order chi connectivity index (χ0) is 44.7. The normalized spacial score (nSPS) is 28.1. The summed E-state index contributed by atoms with van der Waals surface area (Å²) in [5.74, 6) is -4.16. The van der Waals surface area contributed by atoms with Crippen molar-refractivity contribution in [1.29, 1.82) is 0 Å². The molecule has 0 aliphatic carbocycles. The van der Waals surface area contributed by atoms with Crippen LogP contribution in [0.3, 0.4) is 0 Å². The van der Waals surface area contributed by atoms with Gasteiger partial charge in [-0.25, -0.2) is 9.59 Å². The second-order valence-corrected chi connectivity index (χ2v) is 14.5. The summed E-state index contributed by atoms with van der Waals surface area (Å²) in [5.41, 5.74) is 1.33. The molecule has 0 radical (unpaired) electrons. The zero-order valence-electron chi connectivity index (χ0n) is 33.8. The number of phenolic OH excluding ortho intramolecular Hbond substituents is 2. The molecule has 17 nitrogen and oxygen atoms in total. The van der Waals surface area contributed by atoms with E-state index in [-0.39, 0.29) is 72.6 Å². The first-order valence-corrected chi connectivity index (χ1v) is 19.4. The maximum Gasteiger partial charge on any atom is 0.342 e.